The molecule has 0 aromatic carbocycles. The molecule has 4 heteroatoms. The predicted octanol–water partition coefficient (Wildman–Crippen LogP) is 2.92. The van der Waals surface area contributed by atoms with Crippen LogP contribution in [0.3, 0.4) is 0 Å². The molecule has 2 rings (SSSR count). The molecule has 0 saturated heterocycles. The Morgan fingerprint density at radius 2 is 2.33 bits per heavy atom. The third kappa shape index (κ3) is 2.64. The van der Waals surface area contributed by atoms with Crippen molar-refractivity contribution in [2.45, 2.75) is 25.7 Å². The molecule has 1 aliphatic heterocycles. The average Bonchev–Trinajstić information content (AvgIpc) is 2.82. The molecule has 82 valence electrons. The zero-order chi connectivity index (χ0) is 10.9. The molecule has 0 N–H and O–H groups in total. The molecule has 0 bridgehead atoms. The first-order valence-corrected chi connectivity index (χ1v) is 4.98. The normalized spacial score (nSPS) is 27.8. The summed E-state index contributed by atoms with van der Waals surface area (Å²) in [6.45, 7) is 2.00. The van der Waals surface area contributed by atoms with Crippen LogP contribution < -0.4 is 0 Å². The number of nitrogens with zero attached hydrogens (tertiary/aromatic N) is 1. The maximum atomic E-state index is 12.5. The maximum absolute atomic E-state index is 12.5. The molecular formula is C11H13F2NO. The number of allylic oxidation sites excluding steroid dienone is 2. The van der Waals surface area contributed by atoms with Crippen LogP contribution in [0.1, 0.15) is 19.8 Å². The summed E-state index contributed by atoms with van der Waals surface area (Å²) in [4.78, 5) is 4.12. The molecule has 2 nitrogen and oxygen atoms in total. The monoisotopic (exact) mass is 213 g/mol. The van der Waals surface area contributed by atoms with Crippen LogP contribution in [0.4, 0.5) is 8.78 Å². The highest BCUT2D eigenvalue weighted by Gasteiger charge is 2.57. The molecule has 1 unspecified atom stereocenters. The summed E-state index contributed by atoms with van der Waals surface area (Å²) >= 11 is 0. The van der Waals surface area contributed by atoms with E-state index in [2.05, 4.69) is 4.99 Å². The van der Waals surface area contributed by atoms with Gasteiger partial charge in [-0.1, -0.05) is 6.08 Å². The van der Waals surface area contributed by atoms with Gasteiger partial charge in [0.05, 0.1) is 18.7 Å². The van der Waals surface area contributed by atoms with Crippen molar-refractivity contribution < 1.29 is 13.5 Å². The van der Waals surface area contributed by atoms with Gasteiger partial charge >= 0.3 is 0 Å². The van der Waals surface area contributed by atoms with Gasteiger partial charge in [0.15, 0.2) is 0 Å². The molecule has 0 spiro atoms. The summed E-state index contributed by atoms with van der Waals surface area (Å²) in [6, 6.07) is 0. The number of alkyl halides is 2. The van der Waals surface area contributed by atoms with E-state index in [1.165, 1.54) is 0 Å². The number of rotatable bonds is 3. The van der Waals surface area contributed by atoms with E-state index in [1.54, 1.807) is 12.3 Å². The van der Waals surface area contributed by atoms with Crippen molar-refractivity contribution >= 4 is 5.71 Å². The van der Waals surface area contributed by atoms with Crippen LogP contribution in [0.5, 0.6) is 0 Å². The third-order valence-corrected chi connectivity index (χ3v) is 2.51. The first kappa shape index (κ1) is 10.3. The standard InChI is InChI=1S/C11H13F2NO/c1-8-3-2-4-10(6-14-8)15-7-9-5-11(9,12)13/h2,4,6,9H,3,5,7H2,1H3. The minimum absolute atomic E-state index is 0.0493. The molecule has 0 aromatic rings. The molecule has 2 aliphatic rings. The highest BCUT2D eigenvalue weighted by Crippen LogP contribution is 2.48. The van der Waals surface area contributed by atoms with Gasteiger partial charge in [-0.05, 0) is 13.0 Å². The first-order chi connectivity index (χ1) is 7.08. The molecular weight excluding hydrogens is 200 g/mol. The Morgan fingerprint density at radius 3 is 3.00 bits per heavy atom. The molecule has 15 heavy (non-hydrogen) atoms. The van der Waals surface area contributed by atoms with Gasteiger partial charge in [-0.3, -0.25) is 4.99 Å². The Balaban J connectivity index is 1.85. The smallest absolute Gasteiger partial charge is 0.255 e. The summed E-state index contributed by atoms with van der Waals surface area (Å²) in [5.74, 6) is -2.55. The minimum atomic E-state index is -2.51. The Bertz CT molecular complexity index is 344. The number of hydrogen-bond donors (Lipinski definition) is 0. The fourth-order valence-electron chi connectivity index (χ4n) is 1.35. The van der Waals surface area contributed by atoms with E-state index in [0.29, 0.717) is 5.76 Å². The van der Waals surface area contributed by atoms with Gasteiger partial charge in [0, 0.05) is 18.6 Å². The largest absolute Gasteiger partial charge is 0.491 e. The van der Waals surface area contributed by atoms with Gasteiger partial charge in [-0.2, -0.15) is 0 Å². The van der Waals surface area contributed by atoms with Crippen molar-refractivity contribution in [3.8, 4) is 0 Å². The lowest BCUT2D eigenvalue weighted by atomic mass is 10.3. The van der Waals surface area contributed by atoms with Crippen LogP contribution in [0.15, 0.2) is 29.1 Å². The Morgan fingerprint density at radius 1 is 1.60 bits per heavy atom. The zero-order valence-corrected chi connectivity index (χ0v) is 8.54. The van der Waals surface area contributed by atoms with Crippen molar-refractivity contribution in [2.24, 2.45) is 10.9 Å². The third-order valence-electron chi connectivity index (χ3n) is 2.51. The van der Waals surface area contributed by atoms with Crippen LogP contribution in [-0.4, -0.2) is 18.2 Å². The summed E-state index contributed by atoms with van der Waals surface area (Å²) in [7, 11) is 0. The molecule has 1 aliphatic carbocycles. The number of ether oxygens (including phenoxy) is 1. The van der Waals surface area contributed by atoms with Crippen molar-refractivity contribution in [1.82, 2.24) is 0 Å². The Labute approximate surface area is 87.3 Å². The van der Waals surface area contributed by atoms with Crippen LogP contribution in [0.25, 0.3) is 0 Å². The second-order valence-corrected chi connectivity index (χ2v) is 3.98. The topological polar surface area (TPSA) is 21.6 Å². The molecule has 0 radical (unpaired) electrons. The number of aliphatic imine (C=N–C) groups is 1. The summed E-state index contributed by atoms with van der Waals surface area (Å²) in [5, 5.41) is 0. The van der Waals surface area contributed by atoms with Crippen molar-refractivity contribution in [1.29, 1.82) is 0 Å². The highest BCUT2D eigenvalue weighted by molar-refractivity contribution is 5.84. The molecule has 0 amide bonds. The predicted molar refractivity (Wildman–Crippen MR) is 54.0 cm³/mol. The SMILES string of the molecule is CC1=NC=C(OCC2CC2(F)F)C=CC1. The van der Waals surface area contributed by atoms with E-state index in [9.17, 15) is 8.78 Å². The first-order valence-electron chi connectivity index (χ1n) is 4.98. The van der Waals surface area contributed by atoms with Gasteiger partial charge in [-0.15, -0.1) is 0 Å². The average molecular weight is 213 g/mol. The molecule has 1 atom stereocenters. The van der Waals surface area contributed by atoms with Gasteiger partial charge < -0.3 is 4.74 Å². The van der Waals surface area contributed by atoms with E-state index >= 15 is 0 Å². The second-order valence-electron chi connectivity index (χ2n) is 3.98. The summed E-state index contributed by atoms with van der Waals surface area (Å²) in [6.07, 6.45) is 6.01. The van der Waals surface area contributed by atoms with Gasteiger partial charge in [0.2, 0.25) is 0 Å². The van der Waals surface area contributed by atoms with Crippen molar-refractivity contribution in [3.63, 3.8) is 0 Å². The van der Waals surface area contributed by atoms with E-state index in [1.807, 2.05) is 13.0 Å². The molecule has 1 heterocycles. The van der Waals surface area contributed by atoms with Crippen LogP contribution in [-0.2, 0) is 4.74 Å². The van der Waals surface area contributed by atoms with Crippen LogP contribution in [0, 0.1) is 5.92 Å². The Kier molecular flexibility index (Phi) is 2.59. The lowest BCUT2D eigenvalue weighted by molar-refractivity contribution is 0.0753. The van der Waals surface area contributed by atoms with Gasteiger partial charge in [0.1, 0.15) is 5.76 Å². The van der Waals surface area contributed by atoms with E-state index in [0.717, 1.165) is 12.1 Å². The molecule has 1 saturated carbocycles. The lowest BCUT2D eigenvalue weighted by Crippen LogP contribution is -2.02. The van der Waals surface area contributed by atoms with E-state index in [-0.39, 0.29) is 13.0 Å². The zero-order valence-electron chi connectivity index (χ0n) is 8.54. The minimum Gasteiger partial charge on any atom is -0.491 e. The lowest BCUT2D eigenvalue weighted by Gasteiger charge is -2.04. The van der Waals surface area contributed by atoms with E-state index in [4.69, 9.17) is 4.74 Å². The van der Waals surface area contributed by atoms with E-state index < -0.39 is 11.8 Å². The van der Waals surface area contributed by atoms with Gasteiger partial charge in [0.25, 0.3) is 5.92 Å². The summed E-state index contributed by atoms with van der Waals surface area (Å²) in [5.41, 5.74) is 0.988. The molecule has 0 aromatic heterocycles. The van der Waals surface area contributed by atoms with Crippen molar-refractivity contribution in [2.75, 3.05) is 6.61 Å². The van der Waals surface area contributed by atoms with Crippen LogP contribution in [0.2, 0.25) is 0 Å². The highest BCUT2D eigenvalue weighted by atomic mass is 19.3. The maximum Gasteiger partial charge on any atom is 0.255 e. The Hall–Kier alpha value is -1.19. The fourth-order valence-corrected chi connectivity index (χ4v) is 1.35. The number of halogens is 2. The quantitative estimate of drug-likeness (QED) is 0.706. The van der Waals surface area contributed by atoms with Gasteiger partial charge in [-0.25, -0.2) is 8.78 Å². The number of hydrogen-bond acceptors (Lipinski definition) is 2. The van der Waals surface area contributed by atoms with Crippen molar-refractivity contribution in [3.05, 3.63) is 24.1 Å². The second kappa shape index (κ2) is 3.76. The van der Waals surface area contributed by atoms with Crippen LogP contribution >= 0.6 is 0 Å². The fraction of sp³-hybridized carbons (Fsp3) is 0.545. The molecule has 1 fully saturated rings. The summed E-state index contributed by atoms with van der Waals surface area (Å²) < 4.78 is 30.4.